The Morgan fingerprint density at radius 2 is 2.12 bits per heavy atom. The summed E-state index contributed by atoms with van der Waals surface area (Å²) in [6, 6.07) is 3.50. The third kappa shape index (κ3) is 3.54. The fourth-order valence-electron chi connectivity index (χ4n) is 2.24. The van der Waals surface area contributed by atoms with E-state index in [0.717, 1.165) is 6.07 Å². The topological polar surface area (TPSA) is 108 Å². The molecular weight excluding hydrogens is 336 g/mol. The van der Waals surface area contributed by atoms with Gasteiger partial charge in [0.1, 0.15) is 10.6 Å². The van der Waals surface area contributed by atoms with Crippen molar-refractivity contribution in [3.05, 3.63) is 46.3 Å². The number of ether oxygens (including phenoxy) is 1. The Balaban J connectivity index is 2.46. The molecule has 0 amide bonds. The van der Waals surface area contributed by atoms with Crippen LogP contribution in [0.4, 0.5) is 5.69 Å². The Morgan fingerprint density at radius 1 is 1.42 bits per heavy atom. The summed E-state index contributed by atoms with van der Waals surface area (Å²) >= 11 is 0. The van der Waals surface area contributed by atoms with E-state index in [2.05, 4.69) is 5.10 Å². The Bertz CT molecular complexity index is 847. The van der Waals surface area contributed by atoms with Crippen molar-refractivity contribution in [3.63, 3.8) is 0 Å². The van der Waals surface area contributed by atoms with Crippen LogP contribution in [-0.4, -0.2) is 41.1 Å². The zero-order chi connectivity index (χ0) is 17.9. The van der Waals surface area contributed by atoms with Crippen molar-refractivity contribution in [2.45, 2.75) is 18.4 Å². The Kier molecular flexibility index (Phi) is 5.20. The number of nitro benzene ring substituents is 1. The molecule has 1 aromatic carbocycles. The molecule has 130 valence electrons. The Hall–Kier alpha value is -2.46. The van der Waals surface area contributed by atoms with E-state index in [9.17, 15) is 18.5 Å². The van der Waals surface area contributed by atoms with Crippen molar-refractivity contribution in [1.29, 1.82) is 0 Å². The van der Waals surface area contributed by atoms with Gasteiger partial charge >= 0.3 is 0 Å². The lowest BCUT2D eigenvalue weighted by molar-refractivity contribution is -0.385. The Labute approximate surface area is 139 Å². The lowest BCUT2D eigenvalue weighted by Gasteiger charge is -2.21. The SMILES string of the molecule is CCN(Cc1cnn(C)c1)S(=O)(=O)c1cc([N+](=O)[O-])ccc1OC. The van der Waals surface area contributed by atoms with Crippen LogP contribution in [-0.2, 0) is 23.6 Å². The first-order valence-electron chi connectivity index (χ1n) is 7.09. The van der Waals surface area contributed by atoms with Crippen molar-refractivity contribution >= 4 is 15.7 Å². The van der Waals surface area contributed by atoms with Crippen LogP contribution < -0.4 is 4.74 Å². The van der Waals surface area contributed by atoms with Crippen molar-refractivity contribution < 1.29 is 18.1 Å². The van der Waals surface area contributed by atoms with Crippen LogP contribution in [0.2, 0.25) is 0 Å². The molecule has 0 aliphatic heterocycles. The van der Waals surface area contributed by atoms with Gasteiger partial charge in [-0.3, -0.25) is 14.8 Å². The average molecular weight is 354 g/mol. The second-order valence-corrected chi connectivity index (χ2v) is 6.95. The number of benzene rings is 1. The van der Waals surface area contributed by atoms with Crippen LogP contribution >= 0.6 is 0 Å². The van der Waals surface area contributed by atoms with E-state index in [1.807, 2.05) is 0 Å². The van der Waals surface area contributed by atoms with Gasteiger partial charge in [0.15, 0.2) is 0 Å². The van der Waals surface area contributed by atoms with Gasteiger partial charge in [-0.2, -0.15) is 9.40 Å². The van der Waals surface area contributed by atoms with E-state index < -0.39 is 14.9 Å². The fraction of sp³-hybridized carbons (Fsp3) is 0.357. The molecule has 0 fully saturated rings. The molecule has 0 saturated heterocycles. The molecule has 0 aliphatic rings. The summed E-state index contributed by atoms with van der Waals surface area (Å²) in [4.78, 5) is 10.1. The molecule has 0 unspecified atom stereocenters. The first-order valence-corrected chi connectivity index (χ1v) is 8.53. The van der Waals surface area contributed by atoms with Crippen LogP contribution in [0.3, 0.4) is 0 Å². The highest BCUT2D eigenvalue weighted by Gasteiger charge is 2.29. The molecule has 0 bridgehead atoms. The average Bonchev–Trinajstić information content (AvgIpc) is 2.96. The van der Waals surface area contributed by atoms with E-state index in [1.165, 1.54) is 23.5 Å². The van der Waals surface area contributed by atoms with Gasteiger partial charge in [0.2, 0.25) is 10.0 Å². The van der Waals surface area contributed by atoms with Crippen LogP contribution in [0.5, 0.6) is 5.75 Å². The third-order valence-corrected chi connectivity index (χ3v) is 5.39. The number of non-ortho nitro benzene ring substituents is 1. The summed E-state index contributed by atoms with van der Waals surface area (Å²) in [6.45, 7) is 2.00. The summed E-state index contributed by atoms with van der Waals surface area (Å²) in [5.41, 5.74) is 0.402. The first-order chi connectivity index (χ1) is 11.3. The number of hydrogen-bond donors (Lipinski definition) is 0. The first kappa shape index (κ1) is 17.9. The van der Waals surface area contributed by atoms with E-state index in [0.29, 0.717) is 5.56 Å². The molecular formula is C14H18N4O5S. The molecule has 1 aromatic heterocycles. The highest BCUT2D eigenvalue weighted by molar-refractivity contribution is 7.89. The molecule has 9 nitrogen and oxygen atoms in total. The molecule has 10 heteroatoms. The predicted octanol–water partition coefficient (Wildman–Crippen LogP) is 1.55. The number of hydrogen-bond acceptors (Lipinski definition) is 6. The van der Waals surface area contributed by atoms with Gasteiger partial charge in [-0.25, -0.2) is 8.42 Å². The van der Waals surface area contributed by atoms with E-state index >= 15 is 0 Å². The minimum absolute atomic E-state index is 0.0604. The van der Waals surface area contributed by atoms with Gasteiger partial charge in [0, 0.05) is 44.0 Å². The molecule has 24 heavy (non-hydrogen) atoms. The number of rotatable bonds is 7. The molecule has 0 radical (unpaired) electrons. The summed E-state index contributed by atoms with van der Waals surface area (Å²) in [5.74, 6) is 0.0604. The summed E-state index contributed by atoms with van der Waals surface area (Å²) < 4.78 is 33.7. The van der Waals surface area contributed by atoms with Crippen molar-refractivity contribution in [2.24, 2.45) is 7.05 Å². The van der Waals surface area contributed by atoms with Gasteiger partial charge in [-0.05, 0) is 6.07 Å². The quantitative estimate of drug-likeness (QED) is 0.551. The zero-order valence-electron chi connectivity index (χ0n) is 13.5. The lowest BCUT2D eigenvalue weighted by Crippen LogP contribution is -2.30. The fourth-order valence-corrected chi connectivity index (χ4v) is 3.86. The van der Waals surface area contributed by atoms with Gasteiger partial charge in [0.05, 0.1) is 18.2 Å². The molecule has 2 rings (SSSR count). The second kappa shape index (κ2) is 6.97. The maximum absolute atomic E-state index is 12.9. The number of aromatic nitrogens is 2. The lowest BCUT2D eigenvalue weighted by atomic mass is 10.3. The maximum Gasteiger partial charge on any atom is 0.271 e. The van der Waals surface area contributed by atoms with Crippen molar-refractivity contribution in [3.8, 4) is 5.75 Å². The molecule has 0 spiro atoms. The van der Waals surface area contributed by atoms with E-state index in [1.54, 1.807) is 31.0 Å². The van der Waals surface area contributed by atoms with Crippen LogP contribution in [0, 0.1) is 10.1 Å². The van der Waals surface area contributed by atoms with Crippen molar-refractivity contribution in [1.82, 2.24) is 14.1 Å². The predicted molar refractivity (Wildman–Crippen MR) is 86.1 cm³/mol. The summed E-state index contributed by atoms with van der Waals surface area (Å²) in [7, 11) is -0.921. The molecule has 0 N–H and O–H groups in total. The zero-order valence-corrected chi connectivity index (χ0v) is 14.4. The Morgan fingerprint density at radius 3 is 2.62 bits per heavy atom. The normalized spacial score (nSPS) is 11.7. The largest absolute Gasteiger partial charge is 0.495 e. The minimum atomic E-state index is -3.97. The second-order valence-electron chi connectivity index (χ2n) is 5.05. The third-order valence-electron chi connectivity index (χ3n) is 3.45. The molecule has 2 aromatic rings. The number of aryl methyl sites for hydroxylation is 1. The highest BCUT2D eigenvalue weighted by atomic mass is 32.2. The van der Waals surface area contributed by atoms with Crippen LogP contribution in [0.1, 0.15) is 12.5 Å². The number of nitro groups is 1. The highest BCUT2D eigenvalue weighted by Crippen LogP contribution is 2.31. The smallest absolute Gasteiger partial charge is 0.271 e. The number of sulfonamides is 1. The van der Waals surface area contributed by atoms with Crippen LogP contribution in [0.15, 0.2) is 35.5 Å². The number of methoxy groups -OCH3 is 1. The van der Waals surface area contributed by atoms with Gasteiger partial charge in [-0.1, -0.05) is 6.92 Å². The molecule has 1 heterocycles. The van der Waals surface area contributed by atoms with Crippen molar-refractivity contribution in [2.75, 3.05) is 13.7 Å². The summed E-state index contributed by atoms with van der Waals surface area (Å²) in [6.07, 6.45) is 3.28. The van der Waals surface area contributed by atoms with Gasteiger partial charge in [-0.15, -0.1) is 0 Å². The van der Waals surface area contributed by atoms with Crippen LogP contribution in [0.25, 0.3) is 0 Å². The van der Waals surface area contributed by atoms with Gasteiger partial charge < -0.3 is 4.74 Å². The maximum atomic E-state index is 12.9. The monoisotopic (exact) mass is 354 g/mol. The molecule has 0 saturated carbocycles. The van der Waals surface area contributed by atoms with E-state index in [-0.39, 0.29) is 29.4 Å². The minimum Gasteiger partial charge on any atom is -0.495 e. The molecule has 0 aliphatic carbocycles. The standard InChI is InChI=1S/C14H18N4O5S/c1-4-17(10-11-8-15-16(2)9-11)24(21,22)14-7-12(18(19)20)5-6-13(14)23-3/h5-9H,4,10H2,1-3H3. The molecule has 0 atom stereocenters. The van der Waals surface area contributed by atoms with Gasteiger partial charge in [0.25, 0.3) is 5.69 Å². The number of nitrogens with zero attached hydrogens (tertiary/aromatic N) is 4. The van der Waals surface area contributed by atoms with E-state index in [4.69, 9.17) is 4.74 Å². The summed E-state index contributed by atoms with van der Waals surface area (Å²) in [5, 5.41) is 15.0.